The summed E-state index contributed by atoms with van der Waals surface area (Å²) in [4.78, 5) is 25.2. The first-order chi connectivity index (χ1) is 21.8. The van der Waals surface area contributed by atoms with Crippen LogP contribution >= 0.6 is 11.6 Å². The number of carbonyl (C=O) groups is 1. The van der Waals surface area contributed by atoms with Crippen LogP contribution < -0.4 is 20.1 Å². The zero-order valence-corrected chi connectivity index (χ0v) is 25.7. The molecule has 3 N–H and O–H groups in total. The molecule has 2 saturated carbocycles. The average molecular weight is 673 g/mol. The van der Waals surface area contributed by atoms with E-state index >= 15 is 0 Å². The van der Waals surface area contributed by atoms with Gasteiger partial charge in [0.1, 0.15) is 0 Å². The summed E-state index contributed by atoms with van der Waals surface area (Å²) in [5.41, 5.74) is 1.72. The van der Waals surface area contributed by atoms with Crippen molar-refractivity contribution in [1.29, 1.82) is 0 Å². The molecule has 3 aromatic carbocycles. The van der Waals surface area contributed by atoms with Crippen molar-refractivity contribution in [2.45, 2.75) is 48.6 Å². The Morgan fingerprint density at radius 2 is 1.52 bits per heavy atom. The van der Waals surface area contributed by atoms with Gasteiger partial charge in [0, 0.05) is 16.3 Å². The van der Waals surface area contributed by atoms with E-state index in [-0.39, 0.29) is 17.5 Å². The Labute approximate surface area is 267 Å². The van der Waals surface area contributed by atoms with Gasteiger partial charge in [-0.25, -0.2) is 13.1 Å². The maximum atomic E-state index is 13.1. The Kier molecular flexibility index (Phi) is 8.27. The van der Waals surface area contributed by atoms with Gasteiger partial charge in [-0.05, 0) is 79.6 Å². The van der Waals surface area contributed by atoms with Crippen molar-refractivity contribution in [3.05, 3.63) is 101 Å². The summed E-state index contributed by atoms with van der Waals surface area (Å²) in [5.74, 6) is -0.900. The van der Waals surface area contributed by atoms with Gasteiger partial charge in [0.25, 0.3) is 5.91 Å². The summed E-state index contributed by atoms with van der Waals surface area (Å²) in [5, 5.41) is 6.63. The Morgan fingerprint density at radius 3 is 2.13 bits per heavy atom. The minimum absolute atomic E-state index is 0.00663. The van der Waals surface area contributed by atoms with Gasteiger partial charge >= 0.3 is 12.2 Å². The molecule has 6 rings (SSSR count). The smallest absolute Gasteiger partial charge is 0.422 e. The molecule has 1 heterocycles. The van der Waals surface area contributed by atoms with E-state index in [1.54, 1.807) is 12.1 Å². The molecule has 46 heavy (non-hydrogen) atoms. The fourth-order valence-corrected chi connectivity index (χ4v) is 6.74. The highest BCUT2D eigenvalue weighted by Gasteiger charge is 2.55. The molecule has 1 aromatic heterocycles. The zero-order chi connectivity index (χ0) is 32.6. The Hall–Kier alpha value is -4.43. The number of rotatable bonds is 12. The van der Waals surface area contributed by atoms with Gasteiger partial charge in [-0.2, -0.15) is 28.1 Å². The Morgan fingerprint density at radius 1 is 0.870 bits per heavy atom. The third kappa shape index (κ3) is 7.34. The van der Waals surface area contributed by atoms with Gasteiger partial charge in [-0.3, -0.25) is 4.79 Å². The van der Waals surface area contributed by atoms with Gasteiger partial charge in [0.2, 0.25) is 21.9 Å². The summed E-state index contributed by atoms with van der Waals surface area (Å²) >= 11 is 6.02. The highest BCUT2D eigenvalue weighted by molar-refractivity contribution is 7.91. The number of nitrogens with zero attached hydrogens (tertiary/aromatic N) is 3. The summed E-state index contributed by atoms with van der Waals surface area (Å²) in [6, 6.07) is 21.6. The van der Waals surface area contributed by atoms with Crippen LogP contribution in [0.15, 0.2) is 78.9 Å². The molecular weight excluding hydrogens is 645 g/mol. The number of amides is 1. The van der Waals surface area contributed by atoms with Crippen molar-refractivity contribution < 1.29 is 31.1 Å². The summed E-state index contributed by atoms with van der Waals surface area (Å²) < 4.78 is 70.9. The molecule has 2 aliphatic rings. The molecule has 0 spiro atoms. The Balaban J connectivity index is 1.16. The van der Waals surface area contributed by atoms with E-state index in [9.17, 15) is 26.4 Å². The first-order valence-corrected chi connectivity index (χ1v) is 16.2. The Bertz CT molecular complexity index is 1840. The van der Waals surface area contributed by atoms with Crippen molar-refractivity contribution in [3.8, 4) is 6.01 Å². The molecule has 2 aliphatic carbocycles. The molecule has 0 atom stereocenters. The molecule has 4 aromatic rings. The number of hydrogen-bond acceptors (Lipinski definition) is 9. The van der Waals surface area contributed by atoms with Gasteiger partial charge in [-0.1, -0.05) is 54.1 Å². The van der Waals surface area contributed by atoms with Crippen molar-refractivity contribution in [1.82, 2.24) is 19.7 Å². The van der Waals surface area contributed by atoms with Crippen LogP contribution in [0, 0.1) is 0 Å². The number of halogens is 4. The molecule has 1 amide bonds. The molecule has 0 aliphatic heterocycles. The second kappa shape index (κ2) is 12.1. The molecule has 2 fully saturated rings. The number of alkyl halides is 3. The van der Waals surface area contributed by atoms with Crippen LogP contribution in [0.1, 0.15) is 47.2 Å². The highest BCUT2D eigenvalue weighted by Crippen LogP contribution is 2.48. The number of carbonyl (C=O) groups excluding carboxylic acids is 1. The van der Waals surface area contributed by atoms with Crippen molar-refractivity contribution >= 4 is 45.1 Å². The fourth-order valence-electron chi connectivity index (χ4n) is 5.04. The largest absolute Gasteiger partial charge is 0.454 e. The van der Waals surface area contributed by atoms with Crippen LogP contribution in [0.4, 0.5) is 30.8 Å². The lowest BCUT2D eigenvalue weighted by atomic mass is 10.1. The lowest BCUT2D eigenvalue weighted by molar-refractivity contribution is -0.154. The number of benzene rings is 3. The van der Waals surface area contributed by atoms with Crippen LogP contribution in [0.25, 0.3) is 0 Å². The number of sulfonamides is 1. The number of hydrogen-bond donors (Lipinski definition) is 3. The van der Waals surface area contributed by atoms with E-state index in [0.717, 1.165) is 24.0 Å². The third-order valence-corrected chi connectivity index (χ3v) is 10.3. The molecular formula is C31H28ClF3N6O4S. The lowest BCUT2D eigenvalue weighted by Gasteiger charge is -2.19. The molecule has 10 nitrogen and oxygen atoms in total. The maximum Gasteiger partial charge on any atom is 0.422 e. The molecule has 0 saturated heterocycles. The number of ether oxygens (including phenoxy) is 1. The van der Waals surface area contributed by atoms with Crippen molar-refractivity contribution in [3.63, 3.8) is 0 Å². The first-order valence-electron chi connectivity index (χ1n) is 14.3. The van der Waals surface area contributed by atoms with Gasteiger partial charge in [0.15, 0.2) is 6.61 Å². The van der Waals surface area contributed by atoms with E-state index in [0.29, 0.717) is 30.0 Å². The number of anilines is 3. The SMILES string of the molecule is O=C(NS(=O)(=O)C1(Cc2ccccc2)CC1)c1ccc(Nc2nc(NC3(c4ccc(Cl)cc4)CC3)nc(OCC(F)(F)F)n2)cc1. The molecule has 0 unspecified atom stereocenters. The van der Waals surface area contributed by atoms with Crippen LogP contribution in [0.3, 0.4) is 0 Å². The van der Waals surface area contributed by atoms with E-state index in [2.05, 4.69) is 30.3 Å². The summed E-state index contributed by atoms with van der Waals surface area (Å²) in [6.07, 6.45) is -1.95. The average Bonchev–Trinajstić information content (AvgIpc) is 3.95. The minimum atomic E-state index is -4.61. The second-order valence-electron chi connectivity index (χ2n) is 11.4. The summed E-state index contributed by atoms with van der Waals surface area (Å²) in [7, 11) is -3.96. The first kappa shape index (κ1) is 31.5. The van der Waals surface area contributed by atoms with E-state index in [1.807, 2.05) is 42.5 Å². The maximum absolute atomic E-state index is 13.1. The normalized spacial score (nSPS) is 16.3. The van der Waals surface area contributed by atoms with Crippen LogP contribution in [-0.2, 0) is 22.0 Å². The summed E-state index contributed by atoms with van der Waals surface area (Å²) in [6.45, 7) is -1.60. The van der Waals surface area contributed by atoms with Crippen LogP contribution in [-0.4, -0.2) is 46.8 Å². The number of nitrogens with one attached hydrogen (secondary N) is 3. The van der Waals surface area contributed by atoms with Crippen molar-refractivity contribution in [2.75, 3.05) is 17.2 Å². The second-order valence-corrected chi connectivity index (χ2v) is 13.9. The molecule has 0 bridgehead atoms. The predicted octanol–water partition coefficient (Wildman–Crippen LogP) is 6.15. The van der Waals surface area contributed by atoms with E-state index < -0.39 is 45.0 Å². The minimum Gasteiger partial charge on any atom is -0.454 e. The predicted molar refractivity (Wildman–Crippen MR) is 166 cm³/mol. The fraction of sp³-hybridized carbons (Fsp3) is 0.290. The van der Waals surface area contributed by atoms with Crippen LogP contribution in [0.5, 0.6) is 6.01 Å². The van der Waals surface area contributed by atoms with Crippen LogP contribution in [0.2, 0.25) is 5.02 Å². The third-order valence-electron chi connectivity index (χ3n) is 7.85. The van der Waals surface area contributed by atoms with Gasteiger partial charge in [0.05, 0.1) is 10.3 Å². The molecule has 0 radical (unpaired) electrons. The van der Waals surface area contributed by atoms with E-state index in [1.165, 1.54) is 24.3 Å². The monoisotopic (exact) mass is 672 g/mol. The quantitative estimate of drug-likeness (QED) is 0.162. The topological polar surface area (TPSA) is 135 Å². The van der Waals surface area contributed by atoms with Crippen molar-refractivity contribution in [2.24, 2.45) is 0 Å². The van der Waals surface area contributed by atoms with Gasteiger partial charge in [-0.15, -0.1) is 0 Å². The standard InChI is InChI=1S/C31H28ClF3N6O4S/c32-23-10-8-22(9-11-23)30(16-17-30)40-27-37-26(38-28(39-27)45-19-31(33,34)35)36-24-12-6-21(7-13-24)25(42)41-46(43,44)29(14-15-29)18-20-4-2-1-3-5-20/h1-13H,14-19H2,(H,41,42)(H2,36,37,38,39,40). The zero-order valence-electron chi connectivity index (χ0n) is 24.1. The highest BCUT2D eigenvalue weighted by atomic mass is 35.5. The number of aromatic nitrogens is 3. The molecule has 15 heteroatoms. The van der Waals surface area contributed by atoms with Gasteiger partial charge < -0.3 is 15.4 Å². The lowest BCUT2D eigenvalue weighted by Crippen LogP contribution is -2.41. The molecule has 240 valence electrons. The van der Waals surface area contributed by atoms with E-state index in [4.69, 9.17) is 16.3 Å².